The number of rotatable bonds is 0. The Kier molecular flexibility index (Phi) is 1.38. The van der Waals surface area contributed by atoms with Gasteiger partial charge in [0, 0.05) is 13.0 Å². The number of carbonyl (C=O) groups excluding carboxylic acids is 2. The fraction of sp³-hybridized carbons (Fsp3) is 0.600. The van der Waals surface area contributed by atoms with Crippen LogP contribution in [-0.4, -0.2) is 23.4 Å². The molecule has 0 spiro atoms. The van der Waals surface area contributed by atoms with Crippen LogP contribution in [0.1, 0.15) is 12.8 Å². The predicted octanol–water partition coefficient (Wildman–Crippen LogP) is -0.313. The molecule has 4 nitrogen and oxygen atoms in total. The van der Waals surface area contributed by atoms with Crippen LogP contribution in [0, 0.1) is 0 Å². The molecule has 1 rings (SSSR count). The van der Waals surface area contributed by atoms with Crippen LogP contribution in [0.4, 0.5) is 4.79 Å². The third-order valence-electron chi connectivity index (χ3n) is 1.34. The fourth-order valence-corrected chi connectivity index (χ4v) is 0.881. The van der Waals surface area contributed by atoms with Crippen LogP contribution >= 0.6 is 0 Å². The fourth-order valence-electron chi connectivity index (χ4n) is 0.881. The number of hydrogen-bond donors (Lipinski definition) is 1. The zero-order chi connectivity index (χ0) is 6.85. The monoisotopic (exact) mass is 128 g/mol. The number of carbonyl (C=O) groups is 2. The Morgan fingerprint density at radius 1 is 1.67 bits per heavy atom. The lowest BCUT2D eigenvalue weighted by atomic mass is 10.4. The van der Waals surface area contributed by atoms with Crippen LogP contribution in [0.3, 0.4) is 0 Å². The molecule has 9 heavy (non-hydrogen) atoms. The molecule has 0 aromatic heterocycles. The van der Waals surface area contributed by atoms with E-state index in [9.17, 15) is 9.59 Å². The summed E-state index contributed by atoms with van der Waals surface area (Å²) in [5.74, 6) is -0.150. The maximum Gasteiger partial charge on any atom is 0.321 e. The molecule has 0 saturated carbocycles. The van der Waals surface area contributed by atoms with Crippen molar-refractivity contribution in [1.82, 2.24) is 4.90 Å². The number of hydrogen-bond acceptors (Lipinski definition) is 2. The highest BCUT2D eigenvalue weighted by Crippen LogP contribution is 2.07. The van der Waals surface area contributed by atoms with Crippen LogP contribution in [0.25, 0.3) is 0 Å². The van der Waals surface area contributed by atoms with Crippen molar-refractivity contribution in [3.8, 4) is 0 Å². The summed E-state index contributed by atoms with van der Waals surface area (Å²) in [7, 11) is 0. The summed E-state index contributed by atoms with van der Waals surface area (Å²) in [5.41, 5.74) is 4.85. The molecular weight excluding hydrogens is 120 g/mol. The SMILES string of the molecule is NC(=O)N1CCCC1=O. The number of likely N-dealkylation sites (tertiary alicyclic amines) is 1. The third-order valence-corrected chi connectivity index (χ3v) is 1.34. The molecule has 1 saturated heterocycles. The normalized spacial score (nSPS) is 18.7. The largest absolute Gasteiger partial charge is 0.351 e. The van der Waals surface area contributed by atoms with Crippen molar-refractivity contribution in [2.45, 2.75) is 12.8 Å². The maximum atomic E-state index is 10.6. The smallest absolute Gasteiger partial charge is 0.321 e. The van der Waals surface area contributed by atoms with Crippen LogP contribution in [-0.2, 0) is 4.79 Å². The molecule has 3 amide bonds. The first kappa shape index (κ1) is 6.07. The lowest BCUT2D eigenvalue weighted by Crippen LogP contribution is -2.36. The van der Waals surface area contributed by atoms with E-state index in [2.05, 4.69) is 0 Å². The van der Waals surface area contributed by atoms with Gasteiger partial charge in [0.25, 0.3) is 0 Å². The minimum absolute atomic E-state index is 0.150. The van der Waals surface area contributed by atoms with E-state index in [-0.39, 0.29) is 5.91 Å². The van der Waals surface area contributed by atoms with Crippen LogP contribution in [0.15, 0.2) is 0 Å². The van der Waals surface area contributed by atoms with Gasteiger partial charge in [-0.25, -0.2) is 4.79 Å². The molecule has 50 valence electrons. The van der Waals surface area contributed by atoms with E-state index >= 15 is 0 Å². The highest BCUT2D eigenvalue weighted by molar-refractivity contribution is 5.94. The van der Waals surface area contributed by atoms with Gasteiger partial charge in [0.05, 0.1) is 0 Å². The number of nitrogens with two attached hydrogens (primary N) is 1. The highest BCUT2D eigenvalue weighted by atomic mass is 16.2. The van der Waals surface area contributed by atoms with E-state index < -0.39 is 6.03 Å². The van der Waals surface area contributed by atoms with E-state index in [0.29, 0.717) is 13.0 Å². The molecule has 1 aliphatic rings. The number of nitrogens with zero attached hydrogens (tertiary/aromatic N) is 1. The van der Waals surface area contributed by atoms with Gasteiger partial charge in [-0.1, -0.05) is 0 Å². The predicted molar refractivity (Wildman–Crippen MR) is 30.5 cm³/mol. The molecule has 1 fully saturated rings. The van der Waals surface area contributed by atoms with E-state index in [1.54, 1.807) is 0 Å². The summed E-state index contributed by atoms with van der Waals surface area (Å²) in [4.78, 5) is 22.0. The first-order chi connectivity index (χ1) is 4.22. The van der Waals surface area contributed by atoms with Gasteiger partial charge in [0.1, 0.15) is 0 Å². The number of primary amides is 1. The van der Waals surface area contributed by atoms with Gasteiger partial charge >= 0.3 is 6.03 Å². The second kappa shape index (κ2) is 2.05. The Hall–Kier alpha value is -1.06. The van der Waals surface area contributed by atoms with Gasteiger partial charge in [-0.2, -0.15) is 0 Å². The summed E-state index contributed by atoms with van der Waals surface area (Å²) in [6.07, 6.45) is 1.21. The molecule has 1 heterocycles. The van der Waals surface area contributed by atoms with Gasteiger partial charge in [0.2, 0.25) is 5.91 Å². The van der Waals surface area contributed by atoms with Crippen molar-refractivity contribution in [3.63, 3.8) is 0 Å². The summed E-state index contributed by atoms with van der Waals surface area (Å²) in [5, 5.41) is 0. The molecule has 0 aromatic rings. The summed E-state index contributed by atoms with van der Waals surface area (Å²) in [6.45, 7) is 0.494. The summed E-state index contributed by atoms with van der Waals surface area (Å²) < 4.78 is 0. The quantitative estimate of drug-likeness (QED) is 0.486. The number of imide groups is 1. The van der Waals surface area contributed by atoms with Crippen molar-refractivity contribution >= 4 is 11.9 Å². The van der Waals surface area contributed by atoms with E-state index in [0.717, 1.165) is 11.3 Å². The van der Waals surface area contributed by atoms with Crippen LogP contribution in [0.2, 0.25) is 0 Å². The minimum Gasteiger partial charge on any atom is -0.351 e. The van der Waals surface area contributed by atoms with E-state index in [1.165, 1.54) is 0 Å². The first-order valence-electron chi connectivity index (χ1n) is 2.81. The van der Waals surface area contributed by atoms with E-state index in [4.69, 9.17) is 5.73 Å². The zero-order valence-electron chi connectivity index (χ0n) is 4.96. The molecule has 1 aliphatic heterocycles. The molecule has 0 radical (unpaired) electrons. The average Bonchev–Trinajstić information content (AvgIpc) is 2.13. The molecular formula is C5H8N2O2. The number of amides is 3. The number of urea groups is 1. The van der Waals surface area contributed by atoms with Gasteiger partial charge < -0.3 is 5.73 Å². The van der Waals surface area contributed by atoms with Crippen molar-refractivity contribution in [2.75, 3.05) is 6.54 Å². The molecule has 0 unspecified atom stereocenters. The van der Waals surface area contributed by atoms with Gasteiger partial charge in [-0.05, 0) is 6.42 Å². The van der Waals surface area contributed by atoms with Crippen LogP contribution in [0.5, 0.6) is 0 Å². The Balaban J connectivity index is 2.60. The van der Waals surface area contributed by atoms with Crippen molar-refractivity contribution < 1.29 is 9.59 Å². The second-order valence-electron chi connectivity index (χ2n) is 1.99. The first-order valence-corrected chi connectivity index (χ1v) is 2.81. The lowest BCUT2D eigenvalue weighted by Gasteiger charge is -2.07. The Labute approximate surface area is 52.6 Å². The Morgan fingerprint density at radius 2 is 2.33 bits per heavy atom. The maximum absolute atomic E-state index is 10.6. The van der Waals surface area contributed by atoms with Crippen molar-refractivity contribution in [3.05, 3.63) is 0 Å². The van der Waals surface area contributed by atoms with Crippen LogP contribution < -0.4 is 5.73 Å². The van der Waals surface area contributed by atoms with Crippen molar-refractivity contribution in [1.29, 1.82) is 0 Å². The molecule has 0 aromatic carbocycles. The molecule has 0 atom stereocenters. The molecule has 0 aliphatic carbocycles. The molecule has 4 heteroatoms. The third kappa shape index (κ3) is 1.01. The van der Waals surface area contributed by atoms with Gasteiger partial charge in [0.15, 0.2) is 0 Å². The standard InChI is InChI=1S/C5H8N2O2/c6-5(9)7-3-1-2-4(7)8/h1-3H2,(H2,6,9). The van der Waals surface area contributed by atoms with Gasteiger partial charge in [-0.3, -0.25) is 9.69 Å². The topological polar surface area (TPSA) is 63.4 Å². The molecule has 2 N–H and O–H groups in total. The molecule has 0 bridgehead atoms. The Morgan fingerprint density at radius 3 is 2.56 bits per heavy atom. The highest BCUT2D eigenvalue weighted by Gasteiger charge is 2.23. The zero-order valence-corrected chi connectivity index (χ0v) is 4.96. The summed E-state index contributed by atoms with van der Waals surface area (Å²) in [6, 6.07) is -0.627. The summed E-state index contributed by atoms with van der Waals surface area (Å²) >= 11 is 0. The minimum atomic E-state index is -0.627. The average molecular weight is 128 g/mol. The second-order valence-corrected chi connectivity index (χ2v) is 1.99. The van der Waals surface area contributed by atoms with E-state index in [1.807, 2.05) is 0 Å². The Bertz CT molecular complexity index is 155. The lowest BCUT2D eigenvalue weighted by molar-refractivity contribution is -0.125. The van der Waals surface area contributed by atoms with Gasteiger partial charge in [-0.15, -0.1) is 0 Å². The van der Waals surface area contributed by atoms with Crippen molar-refractivity contribution in [2.24, 2.45) is 5.73 Å².